The van der Waals surface area contributed by atoms with Crippen molar-refractivity contribution in [3.63, 3.8) is 0 Å². The number of hydrogen-bond donors (Lipinski definition) is 0. The minimum Gasteiger partial charge on any atom is -0.493 e. The average Bonchev–Trinajstić information content (AvgIpc) is 2.80. The maximum atomic E-state index is 11.9. The third kappa shape index (κ3) is 4.08. The molecule has 0 radical (unpaired) electrons. The molecule has 1 heterocycles. The van der Waals surface area contributed by atoms with Gasteiger partial charge in [0.1, 0.15) is 0 Å². The van der Waals surface area contributed by atoms with Crippen LogP contribution in [0.3, 0.4) is 0 Å². The van der Waals surface area contributed by atoms with E-state index < -0.39 is 5.97 Å². The molecule has 24 heavy (non-hydrogen) atoms. The first-order valence-electron chi connectivity index (χ1n) is 7.14. The standard InChI is InChI=1S/C16H17NO6S/c1-4-22-14(18)9-23-11-6-5-10(7-12(11)21-3)8-13-15(19)17(2)16(20)24-13/h5-8H,4,9H2,1-3H3/b13-8-. The molecule has 0 atom stereocenters. The zero-order valence-corrected chi connectivity index (χ0v) is 14.3. The minimum atomic E-state index is -0.472. The van der Waals surface area contributed by atoms with Crippen molar-refractivity contribution >= 4 is 35.0 Å². The molecule has 0 bridgehead atoms. The van der Waals surface area contributed by atoms with Gasteiger partial charge in [0, 0.05) is 7.05 Å². The van der Waals surface area contributed by atoms with E-state index >= 15 is 0 Å². The zero-order valence-electron chi connectivity index (χ0n) is 13.5. The highest BCUT2D eigenvalue weighted by molar-refractivity contribution is 8.18. The largest absolute Gasteiger partial charge is 0.493 e. The zero-order chi connectivity index (χ0) is 17.7. The number of rotatable bonds is 6. The van der Waals surface area contributed by atoms with Gasteiger partial charge in [-0.1, -0.05) is 6.07 Å². The lowest BCUT2D eigenvalue weighted by atomic mass is 10.2. The molecule has 8 heteroatoms. The number of thioether (sulfide) groups is 1. The van der Waals surface area contributed by atoms with Crippen LogP contribution in [0.25, 0.3) is 6.08 Å². The fraction of sp³-hybridized carbons (Fsp3) is 0.312. The van der Waals surface area contributed by atoms with Gasteiger partial charge in [-0.3, -0.25) is 14.5 Å². The van der Waals surface area contributed by atoms with Crippen molar-refractivity contribution in [2.24, 2.45) is 0 Å². The summed E-state index contributed by atoms with van der Waals surface area (Å²) < 4.78 is 15.4. The van der Waals surface area contributed by atoms with Crippen LogP contribution in [-0.2, 0) is 14.3 Å². The highest BCUT2D eigenvalue weighted by atomic mass is 32.2. The first kappa shape index (κ1) is 17.9. The molecular formula is C16H17NO6S. The number of imide groups is 1. The number of hydrogen-bond acceptors (Lipinski definition) is 7. The Labute approximate surface area is 143 Å². The molecule has 1 aliphatic rings. The Morgan fingerprint density at radius 1 is 1.29 bits per heavy atom. The second-order valence-corrected chi connectivity index (χ2v) is 5.74. The molecule has 0 unspecified atom stereocenters. The molecule has 0 spiro atoms. The highest BCUT2D eigenvalue weighted by Crippen LogP contribution is 2.33. The summed E-state index contributed by atoms with van der Waals surface area (Å²) >= 11 is 0.879. The topological polar surface area (TPSA) is 82.1 Å². The Kier molecular flexibility index (Phi) is 5.86. The van der Waals surface area contributed by atoms with Gasteiger partial charge in [-0.05, 0) is 42.5 Å². The van der Waals surface area contributed by atoms with E-state index in [1.54, 1.807) is 31.2 Å². The highest BCUT2D eigenvalue weighted by Gasteiger charge is 2.31. The van der Waals surface area contributed by atoms with Crippen LogP contribution in [0.1, 0.15) is 12.5 Å². The van der Waals surface area contributed by atoms with Crippen molar-refractivity contribution in [2.75, 3.05) is 27.4 Å². The maximum Gasteiger partial charge on any atom is 0.344 e. The van der Waals surface area contributed by atoms with Crippen LogP contribution in [0.15, 0.2) is 23.1 Å². The fourth-order valence-corrected chi connectivity index (χ4v) is 2.76. The number of benzene rings is 1. The molecule has 1 aliphatic heterocycles. The second kappa shape index (κ2) is 7.87. The van der Waals surface area contributed by atoms with E-state index in [0.717, 1.165) is 16.7 Å². The van der Waals surface area contributed by atoms with Gasteiger partial charge < -0.3 is 14.2 Å². The van der Waals surface area contributed by atoms with Crippen molar-refractivity contribution in [2.45, 2.75) is 6.92 Å². The molecule has 1 fully saturated rings. The summed E-state index contributed by atoms with van der Waals surface area (Å²) in [7, 11) is 2.90. The van der Waals surface area contributed by atoms with Gasteiger partial charge in [-0.15, -0.1) is 0 Å². The lowest BCUT2D eigenvalue weighted by molar-refractivity contribution is -0.145. The van der Waals surface area contributed by atoms with Crippen LogP contribution >= 0.6 is 11.8 Å². The molecule has 7 nitrogen and oxygen atoms in total. The molecule has 2 rings (SSSR count). The van der Waals surface area contributed by atoms with Crippen molar-refractivity contribution in [1.29, 1.82) is 0 Å². The number of amides is 2. The summed E-state index contributed by atoms with van der Waals surface area (Å²) in [6.07, 6.45) is 1.60. The van der Waals surface area contributed by atoms with Gasteiger partial charge in [0.15, 0.2) is 18.1 Å². The third-order valence-electron chi connectivity index (χ3n) is 3.12. The van der Waals surface area contributed by atoms with Gasteiger partial charge >= 0.3 is 5.97 Å². The van der Waals surface area contributed by atoms with E-state index in [1.807, 2.05) is 0 Å². The smallest absolute Gasteiger partial charge is 0.344 e. The number of ether oxygens (including phenoxy) is 3. The molecule has 1 saturated heterocycles. The Morgan fingerprint density at radius 3 is 2.62 bits per heavy atom. The summed E-state index contributed by atoms with van der Waals surface area (Å²) in [6.45, 7) is 1.77. The minimum absolute atomic E-state index is 0.224. The third-order valence-corrected chi connectivity index (χ3v) is 4.08. The fourth-order valence-electron chi connectivity index (χ4n) is 1.93. The number of carbonyl (C=O) groups excluding carboxylic acids is 3. The quantitative estimate of drug-likeness (QED) is 0.574. The molecular weight excluding hydrogens is 334 g/mol. The summed E-state index contributed by atoms with van der Waals surface area (Å²) in [6, 6.07) is 4.98. The van der Waals surface area contributed by atoms with Crippen molar-refractivity contribution < 1.29 is 28.6 Å². The number of likely N-dealkylation sites (N-methyl/N-ethyl adjacent to an activating group) is 1. The lowest BCUT2D eigenvalue weighted by Crippen LogP contribution is -2.22. The summed E-state index contributed by atoms with van der Waals surface area (Å²) in [5, 5.41) is -0.312. The van der Waals surface area contributed by atoms with Crippen molar-refractivity contribution in [3.05, 3.63) is 28.7 Å². The van der Waals surface area contributed by atoms with Crippen LogP contribution < -0.4 is 9.47 Å². The predicted molar refractivity (Wildman–Crippen MR) is 88.9 cm³/mol. The van der Waals surface area contributed by atoms with Crippen molar-refractivity contribution in [3.8, 4) is 11.5 Å². The second-order valence-electron chi connectivity index (χ2n) is 4.74. The molecule has 0 aliphatic carbocycles. The van der Waals surface area contributed by atoms with Gasteiger partial charge in [0.25, 0.3) is 11.1 Å². The number of esters is 1. The Hall–Kier alpha value is -2.48. The molecule has 1 aromatic carbocycles. The van der Waals surface area contributed by atoms with Gasteiger partial charge in [0.2, 0.25) is 0 Å². The van der Waals surface area contributed by atoms with E-state index in [1.165, 1.54) is 14.2 Å². The van der Waals surface area contributed by atoms with Crippen LogP contribution in [0, 0.1) is 0 Å². The van der Waals surface area contributed by atoms with E-state index in [4.69, 9.17) is 14.2 Å². The normalized spacial score (nSPS) is 15.8. The molecule has 0 N–H and O–H groups in total. The van der Waals surface area contributed by atoms with Gasteiger partial charge in [-0.25, -0.2) is 4.79 Å². The Morgan fingerprint density at radius 2 is 2.04 bits per heavy atom. The first-order valence-corrected chi connectivity index (χ1v) is 7.96. The lowest BCUT2D eigenvalue weighted by Gasteiger charge is -2.11. The number of nitrogens with zero attached hydrogens (tertiary/aromatic N) is 1. The van der Waals surface area contributed by atoms with Crippen LogP contribution in [0.4, 0.5) is 4.79 Å². The predicted octanol–water partition coefficient (Wildman–Crippen LogP) is 2.30. The van der Waals surface area contributed by atoms with E-state index in [9.17, 15) is 14.4 Å². The van der Waals surface area contributed by atoms with Crippen LogP contribution in [0.2, 0.25) is 0 Å². The van der Waals surface area contributed by atoms with E-state index in [-0.39, 0.29) is 24.4 Å². The van der Waals surface area contributed by atoms with E-state index in [0.29, 0.717) is 22.0 Å². The Bertz CT molecular complexity index is 700. The molecule has 0 aromatic heterocycles. The van der Waals surface area contributed by atoms with Crippen molar-refractivity contribution in [1.82, 2.24) is 4.90 Å². The molecule has 2 amide bonds. The SMILES string of the molecule is CCOC(=O)COc1ccc(/C=C2\SC(=O)N(C)C2=O)cc1OC. The maximum absolute atomic E-state index is 11.9. The molecule has 0 saturated carbocycles. The monoisotopic (exact) mass is 351 g/mol. The number of methoxy groups -OCH3 is 1. The Balaban J connectivity index is 2.16. The first-order chi connectivity index (χ1) is 11.5. The van der Waals surface area contributed by atoms with Gasteiger partial charge in [0.05, 0.1) is 18.6 Å². The summed E-state index contributed by atoms with van der Waals surface area (Å²) in [5.74, 6) is -0.0260. The van der Waals surface area contributed by atoms with Gasteiger partial charge in [-0.2, -0.15) is 0 Å². The summed E-state index contributed by atoms with van der Waals surface area (Å²) in [5.41, 5.74) is 0.675. The summed E-state index contributed by atoms with van der Waals surface area (Å²) in [4.78, 5) is 36.1. The average molecular weight is 351 g/mol. The molecule has 128 valence electrons. The number of carbonyl (C=O) groups is 3. The van der Waals surface area contributed by atoms with Crippen LogP contribution in [0.5, 0.6) is 11.5 Å². The van der Waals surface area contributed by atoms with Crippen LogP contribution in [-0.4, -0.2) is 49.4 Å². The molecule has 1 aromatic rings. The van der Waals surface area contributed by atoms with E-state index in [2.05, 4.69) is 0 Å².